The van der Waals surface area contributed by atoms with Crippen molar-refractivity contribution >= 4 is 11.7 Å². The molecule has 0 N–H and O–H groups in total. The van der Waals surface area contributed by atoms with E-state index < -0.39 is 0 Å². The first-order chi connectivity index (χ1) is 10.3. The summed E-state index contributed by atoms with van der Waals surface area (Å²) in [5, 5.41) is 9.05. The first-order valence-corrected chi connectivity index (χ1v) is 7.58. The minimum Gasteiger partial charge on any atom is -0.319 e. The molecule has 0 saturated carbocycles. The predicted octanol–water partition coefficient (Wildman–Crippen LogP) is 1.66. The lowest BCUT2D eigenvalue weighted by Crippen LogP contribution is -2.47. The Hall–Kier alpha value is -2.22. The number of para-hydroxylation sites is 1. The molecule has 0 aliphatic carbocycles. The van der Waals surface area contributed by atoms with Gasteiger partial charge < -0.3 is 9.80 Å². The Morgan fingerprint density at radius 2 is 2.10 bits per heavy atom. The minimum absolute atomic E-state index is 0.118. The van der Waals surface area contributed by atoms with E-state index in [-0.39, 0.29) is 12.1 Å². The number of carbonyl (C=O) groups is 1. The highest BCUT2D eigenvalue weighted by molar-refractivity contribution is 5.94. The van der Waals surface area contributed by atoms with Crippen LogP contribution in [0.1, 0.15) is 12.0 Å². The molecule has 4 rings (SSSR count). The number of amides is 2. The van der Waals surface area contributed by atoms with E-state index >= 15 is 0 Å². The van der Waals surface area contributed by atoms with Gasteiger partial charge in [0.15, 0.2) is 6.19 Å². The van der Waals surface area contributed by atoms with Crippen molar-refractivity contribution in [1.29, 1.82) is 5.26 Å². The van der Waals surface area contributed by atoms with Crippen LogP contribution < -0.4 is 4.90 Å². The third-order valence-corrected chi connectivity index (χ3v) is 5.05. The predicted molar refractivity (Wildman–Crippen MR) is 78.7 cm³/mol. The summed E-state index contributed by atoms with van der Waals surface area (Å²) in [5.41, 5.74) is 2.31. The van der Waals surface area contributed by atoms with Crippen LogP contribution in [-0.4, -0.2) is 48.1 Å². The SMILES string of the molecule is N#CN1CC2CCN(C(=O)N3CCc4ccccc43)C2C1. The molecule has 3 heterocycles. The van der Waals surface area contributed by atoms with Crippen LogP contribution >= 0.6 is 0 Å². The summed E-state index contributed by atoms with van der Waals surface area (Å²) in [6.07, 6.45) is 4.18. The third-order valence-electron chi connectivity index (χ3n) is 5.05. The fourth-order valence-corrected chi connectivity index (χ4v) is 3.97. The molecule has 21 heavy (non-hydrogen) atoms. The Morgan fingerprint density at radius 3 is 2.95 bits per heavy atom. The van der Waals surface area contributed by atoms with Crippen molar-refractivity contribution in [2.24, 2.45) is 5.92 Å². The van der Waals surface area contributed by atoms with Gasteiger partial charge in [-0.3, -0.25) is 4.90 Å². The third kappa shape index (κ3) is 1.86. The van der Waals surface area contributed by atoms with E-state index in [1.165, 1.54) is 5.56 Å². The molecule has 5 heteroatoms. The molecule has 2 amide bonds. The maximum absolute atomic E-state index is 12.9. The quantitative estimate of drug-likeness (QED) is 0.680. The zero-order valence-electron chi connectivity index (χ0n) is 11.9. The second kappa shape index (κ2) is 4.66. The van der Waals surface area contributed by atoms with Gasteiger partial charge in [-0.1, -0.05) is 18.2 Å². The first-order valence-electron chi connectivity index (χ1n) is 7.58. The molecule has 2 fully saturated rings. The highest BCUT2D eigenvalue weighted by atomic mass is 16.2. The Balaban J connectivity index is 1.56. The van der Waals surface area contributed by atoms with Gasteiger partial charge in [0, 0.05) is 37.8 Å². The van der Waals surface area contributed by atoms with Crippen molar-refractivity contribution in [1.82, 2.24) is 9.80 Å². The van der Waals surface area contributed by atoms with E-state index in [1.54, 1.807) is 4.90 Å². The van der Waals surface area contributed by atoms with E-state index in [0.29, 0.717) is 12.5 Å². The topological polar surface area (TPSA) is 50.6 Å². The van der Waals surface area contributed by atoms with Gasteiger partial charge in [0.25, 0.3) is 0 Å². The second-order valence-electron chi connectivity index (χ2n) is 6.13. The lowest BCUT2D eigenvalue weighted by molar-refractivity contribution is 0.197. The Bertz CT molecular complexity index is 623. The van der Waals surface area contributed by atoms with Crippen molar-refractivity contribution in [3.05, 3.63) is 29.8 Å². The standard InChI is InChI=1S/C16H18N4O/c17-11-18-9-13-6-8-20(15(13)10-18)16(21)19-7-5-12-3-1-2-4-14(12)19/h1-4,13,15H,5-10H2. The molecule has 5 nitrogen and oxygen atoms in total. The highest BCUT2D eigenvalue weighted by Gasteiger charge is 2.45. The number of anilines is 1. The number of urea groups is 1. The molecule has 0 aromatic heterocycles. The maximum atomic E-state index is 12.9. The lowest BCUT2D eigenvalue weighted by atomic mass is 10.1. The second-order valence-corrected chi connectivity index (χ2v) is 6.13. The number of nitrogens with zero attached hydrogens (tertiary/aromatic N) is 4. The number of likely N-dealkylation sites (tertiary alicyclic amines) is 2. The van der Waals surface area contributed by atoms with Gasteiger partial charge in [0.1, 0.15) is 0 Å². The van der Waals surface area contributed by atoms with Gasteiger partial charge in [-0.25, -0.2) is 4.79 Å². The van der Waals surface area contributed by atoms with Crippen molar-refractivity contribution in [2.45, 2.75) is 18.9 Å². The van der Waals surface area contributed by atoms with Crippen LogP contribution in [0, 0.1) is 17.4 Å². The molecule has 2 unspecified atom stereocenters. The smallest absolute Gasteiger partial charge is 0.319 e. The Morgan fingerprint density at radius 1 is 1.24 bits per heavy atom. The molecular weight excluding hydrogens is 264 g/mol. The summed E-state index contributed by atoms with van der Waals surface area (Å²) in [6, 6.07) is 8.48. The summed E-state index contributed by atoms with van der Waals surface area (Å²) < 4.78 is 0. The van der Waals surface area contributed by atoms with Crippen LogP contribution in [0.4, 0.5) is 10.5 Å². The molecule has 2 atom stereocenters. The molecule has 3 aliphatic rings. The normalized spacial score (nSPS) is 26.7. The molecule has 1 aromatic rings. The molecule has 0 spiro atoms. The van der Waals surface area contributed by atoms with Crippen LogP contribution in [-0.2, 0) is 6.42 Å². The van der Waals surface area contributed by atoms with Crippen LogP contribution in [0.25, 0.3) is 0 Å². The van der Waals surface area contributed by atoms with E-state index in [9.17, 15) is 4.79 Å². The van der Waals surface area contributed by atoms with E-state index in [4.69, 9.17) is 5.26 Å². The number of benzene rings is 1. The van der Waals surface area contributed by atoms with Crippen LogP contribution in [0.15, 0.2) is 24.3 Å². The van der Waals surface area contributed by atoms with Crippen LogP contribution in [0.5, 0.6) is 0 Å². The fourth-order valence-electron chi connectivity index (χ4n) is 3.97. The number of nitriles is 1. The summed E-state index contributed by atoms with van der Waals surface area (Å²) in [7, 11) is 0. The van der Waals surface area contributed by atoms with Gasteiger partial charge in [-0.05, 0) is 24.5 Å². The molecule has 1 aromatic carbocycles. The number of carbonyl (C=O) groups excluding carboxylic acids is 1. The Kier molecular flexibility index (Phi) is 2.78. The van der Waals surface area contributed by atoms with Gasteiger partial charge in [0.05, 0.1) is 6.04 Å². The fraction of sp³-hybridized carbons (Fsp3) is 0.500. The van der Waals surface area contributed by atoms with Crippen LogP contribution in [0.3, 0.4) is 0 Å². The van der Waals surface area contributed by atoms with Gasteiger partial charge in [-0.15, -0.1) is 0 Å². The zero-order valence-corrected chi connectivity index (χ0v) is 11.9. The van der Waals surface area contributed by atoms with Crippen molar-refractivity contribution in [3.8, 4) is 6.19 Å². The molecule has 108 valence electrons. The minimum atomic E-state index is 0.118. The molecular formula is C16H18N4O. The summed E-state index contributed by atoms with van der Waals surface area (Å²) in [4.78, 5) is 18.6. The van der Waals surface area contributed by atoms with E-state index in [0.717, 1.165) is 38.2 Å². The molecule has 2 saturated heterocycles. The molecule has 0 bridgehead atoms. The number of hydrogen-bond acceptors (Lipinski definition) is 3. The monoisotopic (exact) mass is 282 g/mol. The first kappa shape index (κ1) is 12.5. The maximum Gasteiger partial charge on any atom is 0.324 e. The summed E-state index contributed by atoms with van der Waals surface area (Å²) >= 11 is 0. The van der Waals surface area contributed by atoms with E-state index in [1.807, 2.05) is 28.0 Å². The van der Waals surface area contributed by atoms with Gasteiger partial charge >= 0.3 is 6.03 Å². The van der Waals surface area contributed by atoms with Gasteiger partial charge in [-0.2, -0.15) is 5.26 Å². The molecule has 3 aliphatic heterocycles. The van der Waals surface area contributed by atoms with Crippen molar-refractivity contribution < 1.29 is 4.79 Å². The average Bonchev–Trinajstić information content (AvgIpc) is 3.19. The highest BCUT2D eigenvalue weighted by Crippen LogP contribution is 2.34. The summed E-state index contributed by atoms with van der Waals surface area (Å²) in [6.45, 7) is 3.10. The lowest BCUT2D eigenvalue weighted by Gasteiger charge is -2.29. The number of fused-ring (bicyclic) bond motifs is 2. The largest absolute Gasteiger partial charge is 0.324 e. The van der Waals surface area contributed by atoms with Crippen LogP contribution in [0.2, 0.25) is 0 Å². The number of hydrogen-bond donors (Lipinski definition) is 0. The van der Waals surface area contributed by atoms with Gasteiger partial charge in [0.2, 0.25) is 0 Å². The average molecular weight is 282 g/mol. The molecule has 0 radical (unpaired) electrons. The Labute approximate surface area is 124 Å². The van der Waals surface area contributed by atoms with Crippen molar-refractivity contribution in [2.75, 3.05) is 31.1 Å². The zero-order chi connectivity index (χ0) is 14.4. The summed E-state index contributed by atoms with van der Waals surface area (Å²) in [5.74, 6) is 0.464. The number of rotatable bonds is 0. The van der Waals surface area contributed by atoms with E-state index in [2.05, 4.69) is 12.3 Å². The van der Waals surface area contributed by atoms with Crippen molar-refractivity contribution in [3.63, 3.8) is 0 Å².